The number of aromatic amines is 1. The van der Waals surface area contributed by atoms with E-state index in [2.05, 4.69) is 26.2 Å². The maximum atomic E-state index is 13.5. The Morgan fingerprint density at radius 1 is 0.939 bits per heavy atom. The normalized spacial score (nSPS) is 10.8. The average molecular weight is 510 g/mol. The summed E-state index contributed by atoms with van der Waals surface area (Å²) in [6, 6.07) is 19.1. The number of ketones is 1. The molecule has 0 saturated carbocycles. The van der Waals surface area contributed by atoms with Crippen LogP contribution in [0.3, 0.4) is 0 Å². The topological polar surface area (TPSA) is 88.0 Å². The van der Waals surface area contributed by atoms with Gasteiger partial charge in [0.2, 0.25) is 5.78 Å². The molecule has 0 aliphatic carbocycles. The van der Waals surface area contributed by atoms with Crippen LogP contribution in [-0.4, -0.2) is 16.7 Å². The Morgan fingerprint density at radius 3 is 2.39 bits per heavy atom. The standard InChI is InChI=1S/C25H18BrF2N3O2/c26-17-8-4-7-16(12-17)20-21(25(33)30-13-14-9-10-18(27)19(28)11-14)24(29)31-22(20)23(32)15-5-2-1-3-6-15/h1-12,31H,13,29H2,(H,30,33). The first-order valence-electron chi connectivity index (χ1n) is 9.94. The van der Waals surface area contributed by atoms with Crippen molar-refractivity contribution in [3.63, 3.8) is 0 Å². The minimum Gasteiger partial charge on any atom is -0.385 e. The number of aromatic nitrogens is 1. The van der Waals surface area contributed by atoms with Gasteiger partial charge in [0, 0.05) is 22.1 Å². The monoisotopic (exact) mass is 509 g/mol. The summed E-state index contributed by atoms with van der Waals surface area (Å²) in [4.78, 5) is 29.3. The molecule has 0 unspecified atom stereocenters. The first-order valence-corrected chi connectivity index (χ1v) is 10.7. The van der Waals surface area contributed by atoms with E-state index in [1.807, 2.05) is 6.07 Å². The number of carbonyl (C=O) groups excluding carboxylic acids is 2. The second kappa shape index (κ2) is 9.38. The number of carbonyl (C=O) groups is 2. The number of benzene rings is 3. The summed E-state index contributed by atoms with van der Waals surface area (Å²) in [5, 5.41) is 2.67. The van der Waals surface area contributed by atoms with E-state index in [-0.39, 0.29) is 29.4 Å². The minimum absolute atomic E-state index is 0.0204. The smallest absolute Gasteiger partial charge is 0.255 e. The van der Waals surface area contributed by atoms with Gasteiger partial charge in [-0.25, -0.2) is 8.78 Å². The summed E-state index contributed by atoms with van der Waals surface area (Å²) < 4.78 is 27.5. The summed E-state index contributed by atoms with van der Waals surface area (Å²) in [5.74, 6) is -2.84. The predicted octanol–water partition coefficient (Wildman–Crippen LogP) is 5.47. The van der Waals surface area contributed by atoms with Crippen LogP contribution >= 0.6 is 15.9 Å². The number of halogens is 3. The fourth-order valence-electron chi connectivity index (χ4n) is 3.51. The van der Waals surface area contributed by atoms with Gasteiger partial charge in [0.25, 0.3) is 5.91 Å². The molecule has 0 aliphatic rings. The summed E-state index contributed by atoms with van der Waals surface area (Å²) in [7, 11) is 0. The Morgan fingerprint density at radius 2 is 1.70 bits per heavy atom. The van der Waals surface area contributed by atoms with E-state index in [1.165, 1.54) is 6.07 Å². The van der Waals surface area contributed by atoms with Gasteiger partial charge in [-0.15, -0.1) is 0 Å². The first kappa shape index (κ1) is 22.4. The fraction of sp³-hybridized carbons (Fsp3) is 0.0400. The maximum Gasteiger partial charge on any atom is 0.255 e. The van der Waals surface area contributed by atoms with E-state index in [1.54, 1.807) is 48.5 Å². The molecule has 8 heteroatoms. The summed E-state index contributed by atoms with van der Waals surface area (Å²) in [5.41, 5.74) is 8.19. The molecule has 33 heavy (non-hydrogen) atoms. The van der Waals surface area contributed by atoms with Gasteiger partial charge in [-0.1, -0.05) is 64.5 Å². The van der Waals surface area contributed by atoms with Gasteiger partial charge in [0.1, 0.15) is 5.82 Å². The van der Waals surface area contributed by atoms with Gasteiger partial charge >= 0.3 is 0 Å². The molecule has 0 atom stereocenters. The van der Waals surface area contributed by atoms with E-state index in [0.29, 0.717) is 22.3 Å². The number of H-pyrrole nitrogens is 1. The van der Waals surface area contributed by atoms with Gasteiger partial charge < -0.3 is 16.0 Å². The zero-order valence-electron chi connectivity index (χ0n) is 17.2. The molecular formula is C25H18BrF2N3O2. The van der Waals surface area contributed by atoms with Crippen LogP contribution in [0.1, 0.15) is 32.0 Å². The molecule has 0 radical (unpaired) electrons. The van der Waals surface area contributed by atoms with Crippen molar-refractivity contribution in [2.45, 2.75) is 6.54 Å². The number of anilines is 1. The highest BCUT2D eigenvalue weighted by Gasteiger charge is 2.27. The lowest BCUT2D eigenvalue weighted by Gasteiger charge is -2.10. The Labute approximate surface area is 196 Å². The van der Waals surface area contributed by atoms with Gasteiger partial charge in [0.05, 0.1) is 11.3 Å². The van der Waals surface area contributed by atoms with E-state index < -0.39 is 17.5 Å². The van der Waals surface area contributed by atoms with Crippen LogP contribution in [0.15, 0.2) is 77.3 Å². The number of nitrogens with two attached hydrogens (primary N) is 1. The quantitative estimate of drug-likeness (QED) is 0.301. The van der Waals surface area contributed by atoms with Crippen LogP contribution in [0.25, 0.3) is 11.1 Å². The van der Waals surface area contributed by atoms with Crippen LogP contribution in [0.4, 0.5) is 14.6 Å². The average Bonchev–Trinajstić information content (AvgIpc) is 3.17. The lowest BCUT2D eigenvalue weighted by atomic mass is 9.96. The molecule has 166 valence electrons. The molecule has 1 amide bonds. The Kier molecular flexibility index (Phi) is 6.37. The van der Waals surface area contributed by atoms with E-state index >= 15 is 0 Å². The summed E-state index contributed by atoms with van der Waals surface area (Å²) >= 11 is 3.42. The third-order valence-electron chi connectivity index (χ3n) is 5.07. The SMILES string of the molecule is Nc1[nH]c(C(=O)c2ccccc2)c(-c2cccc(Br)c2)c1C(=O)NCc1ccc(F)c(F)c1. The van der Waals surface area contributed by atoms with Crippen molar-refractivity contribution >= 4 is 33.4 Å². The number of amides is 1. The van der Waals surface area contributed by atoms with Crippen molar-refractivity contribution < 1.29 is 18.4 Å². The molecule has 0 saturated heterocycles. The molecule has 5 nitrogen and oxygen atoms in total. The van der Waals surface area contributed by atoms with Gasteiger partial charge in [0.15, 0.2) is 11.6 Å². The van der Waals surface area contributed by atoms with Crippen LogP contribution < -0.4 is 11.1 Å². The predicted molar refractivity (Wildman–Crippen MR) is 126 cm³/mol. The van der Waals surface area contributed by atoms with Crippen LogP contribution in [0.2, 0.25) is 0 Å². The lowest BCUT2D eigenvalue weighted by molar-refractivity contribution is 0.0952. The second-order valence-corrected chi connectivity index (χ2v) is 8.22. The Balaban J connectivity index is 1.75. The summed E-state index contributed by atoms with van der Waals surface area (Å²) in [6.45, 7) is -0.0550. The van der Waals surface area contributed by atoms with E-state index in [9.17, 15) is 18.4 Å². The first-order chi connectivity index (χ1) is 15.8. The van der Waals surface area contributed by atoms with E-state index in [4.69, 9.17) is 5.73 Å². The number of hydrogen-bond acceptors (Lipinski definition) is 3. The highest BCUT2D eigenvalue weighted by molar-refractivity contribution is 9.10. The molecule has 0 fully saturated rings. The van der Waals surface area contributed by atoms with Crippen molar-refractivity contribution in [1.82, 2.24) is 10.3 Å². The maximum absolute atomic E-state index is 13.5. The van der Waals surface area contributed by atoms with Gasteiger partial charge in [-0.2, -0.15) is 0 Å². The largest absolute Gasteiger partial charge is 0.385 e. The van der Waals surface area contributed by atoms with Crippen molar-refractivity contribution in [1.29, 1.82) is 0 Å². The zero-order valence-corrected chi connectivity index (χ0v) is 18.7. The zero-order chi connectivity index (χ0) is 23.5. The molecule has 4 rings (SSSR count). The van der Waals surface area contributed by atoms with Crippen molar-refractivity contribution in [2.24, 2.45) is 0 Å². The minimum atomic E-state index is -1.01. The third kappa shape index (κ3) is 4.70. The van der Waals surface area contributed by atoms with Crippen molar-refractivity contribution in [3.05, 3.63) is 111 Å². The van der Waals surface area contributed by atoms with E-state index in [0.717, 1.165) is 16.6 Å². The molecule has 1 heterocycles. The molecule has 0 bridgehead atoms. The van der Waals surface area contributed by atoms with Crippen molar-refractivity contribution in [3.8, 4) is 11.1 Å². The molecule has 3 aromatic carbocycles. The molecule has 4 N–H and O–H groups in total. The number of nitrogen functional groups attached to an aromatic ring is 1. The lowest BCUT2D eigenvalue weighted by Crippen LogP contribution is -2.24. The van der Waals surface area contributed by atoms with Crippen LogP contribution in [0, 0.1) is 11.6 Å². The molecule has 0 spiro atoms. The van der Waals surface area contributed by atoms with Crippen LogP contribution in [0.5, 0.6) is 0 Å². The molecule has 4 aromatic rings. The second-order valence-electron chi connectivity index (χ2n) is 7.30. The van der Waals surface area contributed by atoms with Crippen molar-refractivity contribution in [2.75, 3.05) is 5.73 Å². The highest BCUT2D eigenvalue weighted by Crippen LogP contribution is 2.34. The Hall–Kier alpha value is -3.78. The Bertz CT molecular complexity index is 1350. The number of hydrogen-bond donors (Lipinski definition) is 3. The number of nitrogens with one attached hydrogen (secondary N) is 2. The number of rotatable bonds is 6. The highest BCUT2D eigenvalue weighted by atomic mass is 79.9. The molecule has 1 aromatic heterocycles. The molecule has 0 aliphatic heterocycles. The van der Waals surface area contributed by atoms with Gasteiger partial charge in [-0.05, 0) is 35.4 Å². The molecular weight excluding hydrogens is 492 g/mol. The third-order valence-corrected chi connectivity index (χ3v) is 5.56. The van der Waals surface area contributed by atoms with Crippen LogP contribution in [-0.2, 0) is 6.54 Å². The summed E-state index contributed by atoms with van der Waals surface area (Å²) in [6.07, 6.45) is 0. The van der Waals surface area contributed by atoms with Gasteiger partial charge in [-0.3, -0.25) is 9.59 Å². The fourth-order valence-corrected chi connectivity index (χ4v) is 3.91.